The Morgan fingerprint density at radius 3 is 1.94 bits per heavy atom. The summed E-state index contributed by atoms with van der Waals surface area (Å²) >= 11 is 1.42. The van der Waals surface area contributed by atoms with E-state index in [2.05, 4.69) is 20.9 Å². The largest absolute Gasteiger partial charge is 0.530 e. The molecule has 0 spiro atoms. The smallest absolute Gasteiger partial charge is 0.408 e. The molecule has 0 saturated heterocycles. The molecule has 3 amide bonds. The molecule has 53 heavy (non-hydrogen) atoms. The first-order valence-electron chi connectivity index (χ1n) is 17.8. The van der Waals surface area contributed by atoms with E-state index < -0.39 is 59.4 Å². The van der Waals surface area contributed by atoms with Gasteiger partial charge in [0.05, 0.1) is 34.5 Å². The van der Waals surface area contributed by atoms with Crippen molar-refractivity contribution in [3.8, 4) is 0 Å². The number of rotatable bonds is 16. The number of para-hydroxylation sites is 1. The Balaban J connectivity index is 1.43. The van der Waals surface area contributed by atoms with Gasteiger partial charge in [-0.3, -0.25) is 4.79 Å². The molecule has 13 heteroatoms. The SMILES string of the molecule is CC(C)(C)[C@H](NC(=O)OCc1nc2ccccc2s1)C(=O)N[C@@H](Cc1ccccc1)[C@H](O)CNC[C@@H](O)[C@H](Cc1ccccc1)N(C(=O)[O-])C(C)(C)C. The van der Waals surface area contributed by atoms with E-state index >= 15 is 0 Å². The summed E-state index contributed by atoms with van der Waals surface area (Å²) in [6.45, 7) is 10.5. The molecule has 0 aliphatic rings. The first kappa shape index (κ1) is 41.2. The second-order valence-corrected chi connectivity index (χ2v) is 16.4. The molecule has 0 aliphatic carbocycles. The van der Waals surface area contributed by atoms with Crippen molar-refractivity contribution in [2.75, 3.05) is 13.1 Å². The molecule has 0 aliphatic heterocycles. The van der Waals surface area contributed by atoms with Crippen molar-refractivity contribution in [3.05, 3.63) is 101 Å². The Labute approximate surface area is 315 Å². The lowest BCUT2D eigenvalue weighted by Crippen LogP contribution is -2.62. The van der Waals surface area contributed by atoms with E-state index in [1.165, 1.54) is 11.3 Å². The monoisotopic (exact) mass is 746 g/mol. The summed E-state index contributed by atoms with van der Waals surface area (Å²) in [5.74, 6) is -0.507. The van der Waals surface area contributed by atoms with Gasteiger partial charge in [-0.2, -0.15) is 0 Å². The van der Waals surface area contributed by atoms with E-state index in [4.69, 9.17) is 4.74 Å². The molecular formula is C40H52N5O7S-. The van der Waals surface area contributed by atoms with Crippen molar-refractivity contribution in [3.63, 3.8) is 0 Å². The van der Waals surface area contributed by atoms with Crippen LogP contribution in [0.3, 0.4) is 0 Å². The predicted molar refractivity (Wildman–Crippen MR) is 204 cm³/mol. The maximum atomic E-state index is 13.9. The van der Waals surface area contributed by atoms with Crippen LogP contribution in [0.15, 0.2) is 84.9 Å². The normalized spacial score (nSPS) is 14.8. The molecule has 0 saturated carbocycles. The fourth-order valence-electron chi connectivity index (χ4n) is 6.18. The summed E-state index contributed by atoms with van der Waals surface area (Å²) in [6.07, 6.45) is -3.95. The molecule has 3 aromatic carbocycles. The van der Waals surface area contributed by atoms with Crippen molar-refractivity contribution < 1.29 is 34.4 Å². The lowest BCUT2D eigenvalue weighted by atomic mass is 9.85. The quantitative estimate of drug-likeness (QED) is 0.113. The molecule has 5 N–H and O–H groups in total. The van der Waals surface area contributed by atoms with Gasteiger partial charge in [0.2, 0.25) is 5.91 Å². The third kappa shape index (κ3) is 12.2. The minimum atomic E-state index is -1.40. The molecular weight excluding hydrogens is 695 g/mol. The van der Waals surface area contributed by atoms with Gasteiger partial charge < -0.3 is 45.7 Å². The van der Waals surface area contributed by atoms with E-state index in [0.717, 1.165) is 26.2 Å². The number of nitrogens with one attached hydrogen (secondary N) is 3. The summed E-state index contributed by atoms with van der Waals surface area (Å²) in [4.78, 5) is 44.8. The molecule has 0 bridgehead atoms. The zero-order chi connectivity index (χ0) is 38.8. The molecule has 4 rings (SSSR count). The Morgan fingerprint density at radius 1 is 0.811 bits per heavy atom. The summed E-state index contributed by atoms with van der Waals surface area (Å²) in [6, 6.07) is 23.6. The molecule has 1 aromatic heterocycles. The molecule has 0 fully saturated rings. The Kier molecular flexibility index (Phi) is 14.4. The number of carbonyl (C=O) groups excluding carboxylic acids is 3. The van der Waals surface area contributed by atoms with Gasteiger partial charge in [-0.15, -0.1) is 11.3 Å². The Morgan fingerprint density at radius 2 is 1.38 bits per heavy atom. The number of ether oxygens (including phenoxy) is 1. The molecule has 1 heterocycles. The summed E-state index contributed by atoms with van der Waals surface area (Å²) < 4.78 is 6.43. The zero-order valence-corrected chi connectivity index (χ0v) is 32.1. The Hall–Kier alpha value is -4.56. The first-order valence-corrected chi connectivity index (χ1v) is 18.6. The van der Waals surface area contributed by atoms with Crippen LogP contribution in [0.5, 0.6) is 0 Å². The van der Waals surface area contributed by atoms with Crippen molar-refractivity contribution in [1.29, 1.82) is 0 Å². The molecule has 4 aromatic rings. The van der Waals surface area contributed by atoms with Gasteiger partial charge in [-0.25, -0.2) is 9.78 Å². The first-order chi connectivity index (χ1) is 25.0. The number of carbonyl (C=O) groups is 3. The van der Waals surface area contributed by atoms with Crippen LogP contribution in [0.1, 0.15) is 57.7 Å². The number of benzene rings is 3. The number of hydrogen-bond donors (Lipinski definition) is 5. The third-order valence-electron chi connectivity index (χ3n) is 8.84. The molecule has 5 atom stereocenters. The number of fused-ring (bicyclic) bond motifs is 1. The van der Waals surface area contributed by atoms with Crippen LogP contribution in [0.4, 0.5) is 9.59 Å². The molecule has 286 valence electrons. The van der Waals surface area contributed by atoms with Gasteiger partial charge in [0.15, 0.2) is 0 Å². The van der Waals surface area contributed by atoms with Crippen LogP contribution in [0.25, 0.3) is 10.2 Å². The lowest BCUT2D eigenvalue weighted by molar-refractivity contribution is -0.275. The number of aliphatic hydroxyl groups is 2. The number of carboxylic acid groups (broad SMARTS) is 1. The van der Waals surface area contributed by atoms with Gasteiger partial charge in [0.1, 0.15) is 23.7 Å². The lowest BCUT2D eigenvalue weighted by Gasteiger charge is -2.45. The van der Waals surface area contributed by atoms with E-state index in [9.17, 15) is 29.7 Å². The summed E-state index contributed by atoms with van der Waals surface area (Å²) in [5, 5.41) is 44.5. The van der Waals surface area contributed by atoms with Crippen LogP contribution in [0.2, 0.25) is 0 Å². The van der Waals surface area contributed by atoms with E-state index in [1.54, 1.807) is 20.8 Å². The van der Waals surface area contributed by atoms with Crippen molar-refractivity contribution >= 4 is 39.6 Å². The molecule has 0 unspecified atom stereocenters. The number of aromatic nitrogens is 1. The van der Waals surface area contributed by atoms with Gasteiger partial charge >= 0.3 is 6.09 Å². The van der Waals surface area contributed by atoms with Crippen LogP contribution in [0, 0.1) is 5.41 Å². The van der Waals surface area contributed by atoms with Gasteiger partial charge in [0.25, 0.3) is 0 Å². The number of nitrogens with zero attached hydrogens (tertiary/aromatic N) is 2. The highest BCUT2D eigenvalue weighted by molar-refractivity contribution is 7.18. The number of thiazole rings is 1. The average molecular weight is 747 g/mol. The minimum absolute atomic E-state index is 0.0362. The maximum Gasteiger partial charge on any atom is 0.408 e. The fraction of sp³-hybridized carbons (Fsp3) is 0.450. The van der Waals surface area contributed by atoms with Crippen molar-refractivity contribution in [1.82, 2.24) is 25.8 Å². The van der Waals surface area contributed by atoms with Gasteiger partial charge in [-0.1, -0.05) is 93.6 Å². The van der Waals surface area contributed by atoms with Crippen molar-refractivity contribution in [2.45, 2.75) is 96.9 Å². The Bertz CT molecular complexity index is 1740. The van der Waals surface area contributed by atoms with Crippen molar-refractivity contribution in [2.24, 2.45) is 5.41 Å². The standard InChI is InChI=1S/C40H53N5O7S/c1-39(2,3)35(44-37(49)52-25-34-42-28-19-13-14-20-33(28)53-34)36(48)43-29(21-26-15-9-7-10-16-26)31(46)23-41-24-32(47)30(22-27-17-11-8-12-18-27)45(38(50)51)40(4,5)6/h7-20,29-32,35,41,46-47H,21-25H2,1-6H3,(H,43,48)(H,44,49)(H,50,51)/p-1/t29-,30-,31+,32+,35+/m0/s1. The number of aliphatic hydroxyl groups excluding tert-OH is 2. The second kappa shape index (κ2) is 18.5. The number of amides is 3. The zero-order valence-electron chi connectivity index (χ0n) is 31.2. The predicted octanol–water partition coefficient (Wildman–Crippen LogP) is 4.03. The summed E-state index contributed by atoms with van der Waals surface area (Å²) in [5.41, 5.74) is 0.941. The van der Waals surface area contributed by atoms with Crippen LogP contribution < -0.4 is 21.1 Å². The van der Waals surface area contributed by atoms with E-state index in [0.29, 0.717) is 5.01 Å². The molecule has 12 nitrogen and oxygen atoms in total. The fourth-order valence-corrected chi connectivity index (χ4v) is 7.06. The van der Waals surface area contributed by atoms with Crippen LogP contribution in [-0.2, 0) is 29.0 Å². The van der Waals surface area contributed by atoms with Gasteiger partial charge in [0, 0.05) is 18.6 Å². The molecule has 0 radical (unpaired) electrons. The maximum absolute atomic E-state index is 13.9. The van der Waals surface area contributed by atoms with E-state index in [-0.39, 0.29) is 32.5 Å². The number of hydrogen-bond acceptors (Lipinski definition) is 10. The second-order valence-electron chi connectivity index (χ2n) is 15.3. The highest BCUT2D eigenvalue weighted by Gasteiger charge is 2.36. The third-order valence-corrected chi connectivity index (χ3v) is 9.85. The highest BCUT2D eigenvalue weighted by Crippen LogP contribution is 2.24. The topological polar surface area (TPSA) is 176 Å². The minimum Gasteiger partial charge on any atom is -0.530 e. The van der Waals surface area contributed by atoms with Gasteiger partial charge in [-0.05, 0) is 62.3 Å². The average Bonchev–Trinajstić information content (AvgIpc) is 3.52. The van der Waals surface area contributed by atoms with E-state index in [1.807, 2.05) is 106 Å². The summed E-state index contributed by atoms with van der Waals surface area (Å²) in [7, 11) is 0. The van der Waals surface area contributed by atoms with Crippen LogP contribution >= 0.6 is 11.3 Å². The number of alkyl carbamates (subject to hydrolysis) is 1. The van der Waals surface area contributed by atoms with Crippen LogP contribution in [-0.4, -0.2) is 87.2 Å². The highest BCUT2D eigenvalue weighted by atomic mass is 32.1.